The monoisotopic (exact) mass is 396 g/mol. The Morgan fingerprint density at radius 1 is 1.14 bits per heavy atom. The smallest absolute Gasteiger partial charge is 0.251 e. The zero-order valence-corrected chi connectivity index (χ0v) is 18.0. The minimum Gasteiger partial charge on any atom is -0.491 e. The van der Waals surface area contributed by atoms with Gasteiger partial charge in [0.05, 0.1) is 12.6 Å². The number of aliphatic imine (C=N–C) groups is 1. The van der Waals surface area contributed by atoms with Crippen molar-refractivity contribution in [1.82, 2.24) is 16.0 Å². The van der Waals surface area contributed by atoms with Crippen LogP contribution in [0.5, 0.6) is 5.75 Å². The van der Waals surface area contributed by atoms with Crippen LogP contribution < -0.4 is 20.7 Å². The highest BCUT2D eigenvalue weighted by atomic mass is 16.5. The highest BCUT2D eigenvalue weighted by Crippen LogP contribution is 2.21. The molecule has 0 aliphatic carbocycles. The first-order valence-electron chi connectivity index (χ1n) is 10.0. The SMILES string of the molecule is CCNC(=NCc1cccc(C(=O)NC)c1)NCc1ccc(C)cc1OC(C)C. The van der Waals surface area contributed by atoms with E-state index >= 15 is 0 Å². The first kappa shape index (κ1) is 22.3. The summed E-state index contributed by atoms with van der Waals surface area (Å²) in [6.45, 7) is 9.98. The molecule has 2 aromatic carbocycles. The third-order valence-corrected chi connectivity index (χ3v) is 4.21. The van der Waals surface area contributed by atoms with Gasteiger partial charge in [-0.3, -0.25) is 4.79 Å². The molecule has 0 atom stereocenters. The molecule has 0 aliphatic rings. The largest absolute Gasteiger partial charge is 0.491 e. The number of carbonyl (C=O) groups is 1. The van der Waals surface area contributed by atoms with Crippen LogP contribution in [0.15, 0.2) is 47.5 Å². The molecule has 0 fully saturated rings. The molecule has 0 aliphatic heterocycles. The van der Waals surface area contributed by atoms with E-state index in [4.69, 9.17) is 4.74 Å². The molecule has 0 heterocycles. The molecule has 6 nitrogen and oxygen atoms in total. The number of carbonyl (C=O) groups excluding carboxylic acids is 1. The average molecular weight is 397 g/mol. The minimum atomic E-state index is -0.0992. The second kappa shape index (κ2) is 11.1. The van der Waals surface area contributed by atoms with Crippen LogP contribution in [0.25, 0.3) is 0 Å². The number of hydrogen-bond acceptors (Lipinski definition) is 3. The standard InChI is InChI=1S/C23H32N4O2/c1-6-25-23(26-14-18-8-7-9-19(13-18)22(28)24-5)27-15-20-11-10-17(4)12-21(20)29-16(2)3/h7-13,16H,6,14-15H2,1-5H3,(H,24,28)(H2,25,26,27). The lowest BCUT2D eigenvalue weighted by Gasteiger charge is -2.17. The molecule has 3 N–H and O–H groups in total. The number of nitrogens with zero attached hydrogens (tertiary/aromatic N) is 1. The Bertz CT molecular complexity index is 847. The van der Waals surface area contributed by atoms with Crippen molar-refractivity contribution in [2.75, 3.05) is 13.6 Å². The van der Waals surface area contributed by atoms with Crippen LogP contribution in [-0.2, 0) is 13.1 Å². The number of amides is 1. The van der Waals surface area contributed by atoms with Gasteiger partial charge in [0.2, 0.25) is 0 Å². The zero-order chi connectivity index (χ0) is 21.2. The van der Waals surface area contributed by atoms with Crippen LogP contribution >= 0.6 is 0 Å². The predicted octanol–water partition coefficient (Wildman–Crippen LogP) is 3.40. The first-order chi connectivity index (χ1) is 13.9. The topological polar surface area (TPSA) is 74.8 Å². The summed E-state index contributed by atoms with van der Waals surface area (Å²) in [4.78, 5) is 16.5. The molecule has 29 heavy (non-hydrogen) atoms. The van der Waals surface area contributed by atoms with Crippen molar-refractivity contribution in [3.8, 4) is 5.75 Å². The highest BCUT2D eigenvalue weighted by Gasteiger charge is 2.08. The van der Waals surface area contributed by atoms with Crippen molar-refractivity contribution in [1.29, 1.82) is 0 Å². The van der Waals surface area contributed by atoms with Gasteiger partial charge < -0.3 is 20.7 Å². The van der Waals surface area contributed by atoms with Gasteiger partial charge in [0, 0.05) is 31.3 Å². The zero-order valence-electron chi connectivity index (χ0n) is 18.0. The molecular formula is C23H32N4O2. The van der Waals surface area contributed by atoms with E-state index < -0.39 is 0 Å². The molecule has 0 spiro atoms. The average Bonchev–Trinajstić information content (AvgIpc) is 2.70. The van der Waals surface area contributed by atoms with Crippen molar-refractivity contribution in [2.45, 2.75) is 46.9 Å². The van der Waals surface area contributed by atoms with Gasteiger partial charge in [-0.25, -0.2) is 4.99 Å². The summed E-state index contributed by atoms with van der Waals surface area (Å²) in [5.74, 6) is 1.51. The predicted molar refractivity (Wildman–Crippen MR) is 118 cm³/mol. The van der Waals surface area contributed by atoms with Gasteiger partial charge in [0.15, 0.2) is 5.96 Å². The summed E-state index contributed by atoms with van der Waals surface area (Å²) < 4.78 is 5.96. The molecule has 2 rings (SSSR count). The lowest BCUT2D eigenvalue weighted by molar-refractivity contribution is 0.0963. The number of nitrogens with one attached hydrogen (secondary N) is 3. The summed E-state index contributed by atoms with van der Waals surface area (Å²) in [5, 5.41) is 9.27. The molecule has 6 heteroatoms. The number of hydrogen-bond donors (Lipinski definition) is 3. The van der Waals surface area contributed by atoms with Gasteiger partial charge in [-0.15, -0.1) is 0 Å². The molecule has 0 saturated carbocycles. The molecule has 0 unspecified atom stereocenters. The molecule has 0 radical (unpaired) electrons. The van der Waals surface area contributed by atoms with E-state index in [1.54, 1.807) is 13.1 Å². The van der Waals surface area contributed by atoms with Crippen LogP contribution in [0.1, 0.15) is 47.8 Å². The number of benzene rings is 2. The number of aryl methyl sites for hydroxylation is 1. The molecule has 0 saturated heterocycles. The van der Waals surface area contributed by atoms with Crippen LogP contribution in [-0.4, -0.2) is 31.6 Å². The van der Waals surface area contributed by atoms with Crippen LogP contribution in [0.2, 0.25) is 0 Å². The quantitative estimate of drug-likeness (QED) is 0.472. The van der Waals surface area contributed by atoms with Crippen molar-refractivity contribution < 1.29 is 9.53 Å². The Kier molecular flexibility index (Phi) is 8.52. The molecule has 1 amide bonds. The lowest BCUT2D eigenvalue weighted by Crippen LogP contribution is -2.37. The second-order valence-electron chi connectivity index (χ2n) is 7.11. The van der Waals surface area contributed by atoms with Crippen LogP contribution in [0.3, 0.4) is 0 Å². The maximum atomic E-state index is 11.8. The van der Waals surface area contributed by atoms with E-state index in [9.17, 15) is 4.79 Å². The van der Waals surface area contributed by atoms with Gasteiger partial charge in [0.25, 0.3) is 5.91 Å². The van der Waals surface area contributed by atoms with Crippen molar-refractivity contribution in [3.05, 3.63) is 64.7 Å². The van der Waals surface area contributed by atoms with E-state index in [-0.39, 0.29) is 12.0 Å². The molecule has 0 aromatic heterocycles. The summed E-state index contributed by atoms with van der Waals surface area (Å²) >= 11 is 0. The fourth-order valence-electron chi connectivity index (χ4n) is 2.82. The minimum absolute atomic E-state index is 0.0992. The van der Waals surface area contributed by atoms with Crippen molar-refractivity contribution in [2.24, 2.45) is 4.99 Å². The number of ether oxygens (including phenoxy) is 1. The first-order valence-corrected chi connectivity index (χ1v) is 10.0. The maximum Gasteiger partial charge on any atom is 0.251 e. The van der Waals surface area contributed by atoms with Gasteiger partial charge >= 0.3 is 0 Å². The molecule has 156 valence electrons. The summed E-state index contributed by atoms with van der Waals surface area (Å²) in [6.07, 6.45) is 0.116. The van der Waals surface area contributed by atoms with Crippen molar-refractivity contribution >= 4 is 11.9 Å². The van der Waals surface area contributed by atoms with E-state index in [0.717, 1.165) is 23.4 Å². The maximum absolute atomic E-state index is 11.8. The van der Waals surface area contributed by atoms with E-state index in [1.165, 1.54) is 5.56 Å². The summed E-state index contributed by atoms with van der Waals surface area (Å²) in [5.41, 5.74) is 3.85. The number of guanidine groups is 1. The van der Waals surface area contributed by atoms with Gasteiger partial charge in [-0.1, -0.05) is 24.3 Å². The van der Waals surface area contributed by atoms with Gasteiger partial charge in [-0.2, -0.15) is 0 Å². The van der Waals surface area contributed by atoms with Crippen molar-refractivity contribution in [3.63, 3.8) is 0 Å². The Hall–Kier alpha value is -3.02. The second-order valence-corrected chi connectivity index (χ2v) is 7.11. The third kappa shape index (κ3) is 7.14. The fraction of sp³-hybridized carbons (Fsp3) is 0.391. The molecule has 2 aromatic rings. The summed E-state index contributed by atoms with van der Waals surface area (Å²) in [7, 11) is 1.63. The van der Waals surface area contributed by atoms with Gasteiger partial charge in [0.1, 0.15) is 5.75 Å². The summed E-state index contributed by atoms with van der Waals surface area (Å²) in [6, 6.07) is 13.7. The Labute approximate surface area is 173 Å². The lowest BCUT2D eigenvalue weighted by atomic mass is 10.1. The Morgan fingerprint density at radius 3 is 2.62 bits per heavy atom. The van der Waals surface area contributed by atoms with E-state index in [2.05, 4.69) is 46.1 Å². The highest BCUT2D eigenvalue weighted by molar-refractivity contribution is 5.94. The van der Waals surface area contributed by atoms with Crippen LogP contribution in [0, 0.1) is 6.92 Å². The normalized spacial score (nSPS) is 11.3. The third-order valence-electron chi connectivity index (χ3n) is 4.21. The van der Waals surface area contributed by atoms with Crippen LogP contribution in [0.4, 0.5) is 0 Å². The Balaban J connectivity index is 2.10. The number of rotatable bonds is 8. The van der Waals surface area contributed by atoms with E-state index in [1.807, 2.05) is 39.0 Å². The molecule has 0 bridgehead atoms. The fourth-order valence-corrected chi connectivity index (χ4v) is 2.82. The molecular weight excluding hydrogens is 364 g/mol. The van der Waals surface area contributed by atoms with Gasteiger partial charge in [-0.05, 0) is 57.0 Å². The Morgan fingerprint density at radius 2 is 1.93 bits per heavy atom. The van der Waals surface area contributed by atoms with E-state index in [0.29, 0.717) is 24.6 Å².